The Balaban J connectivity index is 2.14. The lowest BCUT2D eigenvalue weighted by molar-refractivity contribution is -0.136. The number of esters is 1. The summed E-state index contributed by atoms with van der Waals surface area (Å²) in [5.41, 5.74) is 0.258. The van der Waals surface area contributed by atoms with Crippen LogP contribution in [0.3, 0.4) is 0 Å². The Morgan fingerprint density at radius 1 is 1.32 bits per heavy atom. The van der Waals surface area contributed by atoms with Gasteiger partial charge in [0.25, 0.3) is 5.91 Å². The quantitative estimate of drug-likeness (QED) is 0.776. The fraction of sp³-hybridized carbons (Fsp3) is 0.333. The second-order valence-corrected chi connectivity index (χ2v) is 6.03. The molecule has 0 bridgehead atoms. The molecule has 0 atom stereocenters. The predicted molar refractivity (Wildman–Crippen MR) is 89.4 cm³/mol. The molecule has 7 nitrogen and oxygen atoms in total. The first-order valence-corrected chi connectivity index (χ1v) is 7.64. The first-order valence-electron chi connectivity index (χ1n) is 7.64. The molecule has 0 N–H and O–H groups in total. The molecule has 2 aromatic rings. The summed E-state index contributed by atoms with van der Waals surface area (Å²) >= 11 is 0. The normalized spacial score (nSPS) is 10.8. The number of hydrogen-bond donors (Lipinski definition) is 0. The van der Waals surface area contributed by atoms with E-state index < -0.39 is 24.0 Å². The third-order valence-electron chi connectivity index (χ3n) is 3.93. The highest BCUT2D eigenvalue weighted by Crippen LogP contribution is 2.25. The Labute approximate surface area is 145 Å². The summed E-state index contributed by atoms with van der Waals surface area (Å²) in [7, 11) is 1.49. The van der Waals surface area contributed by atoms with Crippen LogP contribution in [0, 0.1) is 18.3 Å². The average Bonchev–Trinajstić information content (AvgIpc) is 3.01. The molecule has 0 aliphatic carbocycles. The topological polar surface area (TPSA) is 96.4 Å². The first kappa shape index (κ1) is 18.2. The van der Waals surface area contributed by atoms with Crippen molar-refractivity contribution in [3.05, 3.63) is 41.7 Å². The van der Waals surface area contributed by atoms with Crippen molar-refractivity contribution in [3.63, 3.8) is 0 Å². The van der Waals surface area contributed by atoms with Gasteiger partial charge in [0.05, 0.1) is 6.07 Å². The second kappa shape index (κ2) is 7.18. The van der Waals surface area contributed by atoms with E-state index in [0.29, 0.717) is 17.0 Å². The van der Waals surface area contributed by atoms with Crippen molar-refractivity contribution in [2.75, 3.05) is 13.7 Å². The van der Waals surface area contributed by atoms with Crippen molar-refractivity contribution in [1.29, 1.82) is 5.26 Å². The summed E-state index contributed by atoms with van der Waals surface area (Å²) in [6.45, 7) is 4.33. The maximum absolute atomic E-state index is 12.4. The van der Waals surface area contributed by atoms with E-state index in [2.05, 4.69) is 5.16 Å². The molecule has 0 unspecified atom stereocenters. The third kappa shape index (κ3) is 3.86. The number of nitriles is 1. The highest BCUT2D eigenvalue weighted by Gasteiger charge is 2.29. The number of hydrogen-bond acceptors (Lipinski definition) is 6. The zero-order valence-electron chi connectivity index (χ0n) is 14.6. The van der Waals surface area contributed by atoms with E-state index >= 15 is 0 Å². The molecule has 1 amide bonds. The van der Waals surface area contributed by atoms with Crippen molar-refractivity contribution >= 4 is 11.9 Å². The zero-order chi connectivity index (χ0) is 18.6. The minimum absolute atomic E-state index is 0.182. The number of amides is 1. The number of nitrogens with zero attached hydrogens (tertiary/aromatic N) is 3. The van der Waals surface area contributed by atoms with Crippen LogP contribution in [0.1, 0.15) is 30.0 Å². The lowest BCUT2D eigenvalue weighted by Gasteiger charge is -2.28. The minimum atomic E-state index is -0.994. The Morgan fingerprint density at radius 3 is 2.56 bits per heavy atom. The molecule has 0 aliphatic heterocycles. The Morgan fingerprint density at radius 2 is 1.96 bits per heavy atom. The molecule has 0 spiro atoms. The molecule has 1 heterocycles. The van der Waals surface area contributed by atoms with Gasteiger partial charge in [-0.3, -0.25) is 4.79 Å². The first-order chi connectivity index (χ1) is 11.8. The van der Waals surface area contributed by atoms with E-state index in [9.17, 15) is 9.59 Å². The molecule has 7 heteroatoms. The van der Waals surface area contributed by atoms with Crippen molar-refractivity contribution < 1.29 is 18.8 Å². The summed E-state index contributed by atoms with van der Waals surface area (Å²) < 4.78 is 10.2. The van der Waals surface area contributed by atoms with Gasteiger partial charge in [-0.1, -0.05) is 35.5 Å². The smallest absolute Gasteiger partial charge is 0.344 e. The zero-order valence-corrected chi connectivity index (χ0v) is 14.6. The maximum Gasteiger partial charge on any atom is 0.344 e. The van der Waals surface area contributed by atoms with Gasteiger partial charge in [0, 0.05) is 12.6 Å². The van der Waals surface area contributed by atoms with Crippen LogP contribution in [0.15, 0.2) is 34.9 Å². The van der Waals surface area contributed by atoms with E-state index in [1.807, 2.05) is 24.3 Å². The second-order valence-electron chi connectivity index (χ2n) is 6.03. The Kier molecular flexibility index (Phi) is 5.22. The number of ether oxygens (including phenoxy) is 1. The van der Waals surface area contributed by atoms with Crippen molar-refractivity contribution in [2.24, 2.45) is 0 Å². The van der Waals surface area contributed by atoms with Crippen LogP contribution in [0.25, 0.3) is 11.3 Å². The molecule has 0 saturated carbocycles. The number of rotatable bonds is 5. The highest BCUT2D eigenvalue weighted by molar-refractivity contribution is 5.98. The maximum atomic E-state index is 12.4. The van der Waals surface area contributed by atoms with Crippen LogP contribution in [0.4, 0.5) is 0 Å². The van der Waals surface area contributed by atoms with E-state index in [1.165, 1.54) is 11.9 Å². The van der Waals surface area contributed by atoms with Gasteiger partial charge in [0.15, 0.2) is 6.61 Å². The molecule has 0 aliphatic rings. The van der Waals surface area contributed by atoms with E-state index in [0.717, 1.165) is 0 Å². The van der Waals surface area contributed by atoms with Gasteiger partial charge in [-0.2, -0.15) is 5.26 Å². The van der Waals surface area contributed by atoms with Crippen molar-refractivity contribution in [3.8, 4) is 17.3 Å². The fourth-order valence-electron chi connectivity index (χ4n) is 2.09. The number of carbonyl (C=O) groups excluding carboxylic acids is 2. The number of aryl methyl sites for hydroxylation is 1. The van der Waals surface area contributed by atoms with E-state index in [1.54, 1.807) is 32.9 Å². The molecule has 0 fully saturated rings. The fourth-order valence-corrected chi connectivity index (χ4v) is 2.09. The van der Waals surface area contributed by atoms with Crippen LogP contribution >= 0.6 is 0 Å². The molecule has 2 rings (SSSR count). The van der Waals surface area contributed by atoms with Gasteiger partial charge in [-0.05, 0) is 20.8 Å². The van der Waals surface area contributed by atoms with Gasteiger partial charge in [-0.25, -0.2) is 4.79 Å². The average molecular weight is 341 g/mol. The molecule has 0 radical (unpaired) electrons. The monoisotopic (exact) mass is 341 g/mol. The molecule has 25 heavy (non-hydrogen) atoms. The van der Waals surface area contributed by atoms with Crippen LogP contribution < -0.4 is 0 Å². The van der Waals surface area contributed by atoms with Crippen LogP contribution in [-0.2, 0) is 9.53 Å². The minimum Gasteiger partial charge on any atom is -0.452 e. The summed E-state index contributed by atoms with van der Waals surface area (Å²) in [5, 5.41) is 13.0. The lowest BCUT2D eigenvalue weighted by atomic mass is 10.1. The number of aromatic nitrogens is 1. The van der Waals surface area contributed by atoms with Gasteiger partial charge in [-0.15, -0.1) is 0 Å². The van der Waals surface area contributed by atoms with Gasteiger partial charge < -0.3 is 14.2 Å². The standard InChI is InChI=1S/C18H19N3O4/c1-12-15(16(20-25-12)13-8-6-5-7-9-13)17(23)24-10-14(22)21(4)18(2,3)11-19/h5-9H,10H2,1-4H3. The molecule has 1 aromatic carbocycles. The summed E-state index contributed by atoms with van der Waals surface area (Å²) in [4.78, 5) is 25.8. The van der Waals surface area contributed by atoms with Crippen LogP contribution in [0.5, 0.6) is 0 Å². The summed E-state index contributed by atoms with van der Waals surface area (Å²) in [5.74, 6) is -0.869. The van der Waals surface area contributed by atoms with Gasteiger partial charge in [0.1, 0.15) is 22.6 Å². The van der Waals surface area contributed by atoms with E-state index in [4.69, 9.17) is 14.5 Å². The largest absolute Gasteiger partial charge is 0.452 e. The van der Waals surface area contributed by atoms with Crippen molar-refractivity contribution in [2.45, 2.75) is 26.3 Å². The van der Waals surface area contributed by atoms with Gasteiger partial charge >= 0.3 is 5.97 Å². The van der Waals surface area contributed by atoms with Crippen LogP contribution in [-0.4, -0.2) is 41.1 Å². The van der Waals surface area contributed by atoms with Crippen molar-refractivity contribution in [1.82, 2.24) is 10.1 Å². The molecular weight excluding hydrogens is 322 g/mol. The number of carbonyl (C=O) groups is 2. The number of likely N-dealkylation sites (N-methyl/N-ethyl adjacent to an activating group) is 1. The Hall–Kier alpha value is -3.14. The number of benzene rings is 1. The molecule has 0 saturated heterocycles. The third-order valence-corrected chi connectivity index (χ3v) is 3.93. The highest BCUT2D eigenvalue weighted by atomic mass is 16.5. The van der Waals surface area contributed by atoms with Crippen LogP contribution in [0.2, 0.25) is 0 Å². The van der Waals surface area contributed by atoms with Gasteiger partial charge in [0.2, 0.25) is 0 Å². The molecule has 1 aromatic heterocycles. The Bertz CT molecular complexity index is 819. The predicted octanol–water partition coefficient (Wildman–Crippen LogP) is 2.57. The SMILES string of the molecule is Cc1onc(-c2ccccc2)c1C(=O)OCC(=O)N(C)C(C)(C)C#N. The van der Waals surface area contributed by atoms with E-state index in [-0.39, 0.29) is 5.56 Å². The molecular formula is C18H19N3O4. The molecule has 130 valence electrons. The summed E-state index contributed by atoms with van der Waals surface area (Å²) in [6.07, 6.45) is 0. The summed E-state index contributed by atoms with van der Waals surface area (Å²) in [6, 6.07) is 11.1. The lowest BCUT2D eigenvalue weighted by Crippen LogP contribution is -2.45.